The van der Waals surface area contributed by atoms with Crippen LogP contribution in [-0.2, 0) is 11.3 Å². The monoisotopic (exact) mass is 501 g/mol. The molecule has 0 unspecified atom stereocenters. The van der Waals surface area contributed by atoms with Crippen molar-refractivity contribution in [3.8, 4) is 0 Å². The molecule has 0 aromatic heterocycles. The number of nitrogens with one attached hydrogen (secondary N) is 3. The molecule has 2 rings (SSSR count). The fourth-order valence-electron chi connectivity index (χ4n) is 3.35. The Morgan fingerprint density at radius 1 is 1.11 bits per heavy atom. The van der Waals surface area contributed by atoms with E-state index in [4.69, 9.17) is 5.73 Å². The Balaban J connectivity index is 0.00000392. The first-order chi connectivity index (χ1) is 13.1. The number of nitrogens with zero attached hydrogens (tertiary/aromatic N) is 1. The highest BCUT2D eigenvalue weighted by atomic mass is 127. The van der Waals surface area contributed by atoms with Crippen LogP contribution in [-0.4, -0.2) is 37.9 Å². The summed E-state index contributed by atoms with van der Waals surface area (Å²) < 4.78 is 0. The molecule has 28 heavy (non-hydrogen) atoms. The molecule has 1 aliphatic carbocycles. The molecule has 0 saturated heterocycles. The topological polar surface area (TPSA) is 109 Å². The second-order valence-corrected chi connectivity index (χ2v) is 6.99. The van der Waals surface area contributed by atoms with E-state index in [9.17, 15) is 9.59 Å². The first-order valence-corrected chi connectivity index (χ1v) is 9.68. The first kappa shape index (κ1) is 24.2. The zero-order valence-corrected chi connectivity index (χ0v) is 18.8. The summed E-state index contributed by atoms with van der Waals surface area (Å²) in [5, 5.41) is 9.10. The molecular weight excluding hydrogens is 469 g/mol. The van der Waals surface area contributed by atoms with Gasteiger partial charge in [0.2, 0.25) is 5.91 Å². The number of nitrogens with two attached hydrogens (primary N) is 1. The Bertz CT molecular complexity index is 643. The Labute approximate surface area is 184 Å². The molecule has 0 aliphatic heterocycles. The van der Waals surface area contributed by atoms with E-state index in [1.807, 2.05) is 12.1 Å². The summed E-state index contributed by atoms with van der Waals surface area (Å²) in [6.07, 6.45) is 8.04. The third-order valence-corrected chi connectivity index (χ3v) is 4.88. The van der Waals surface area contributed by atoms with Gasteiger partial charge in [-0.15, -0.1) is 24.0 Å². The van der Waals surface area contributed by atoms with Crippen molar-refractivity contribution in [2.75, 3.05) is 20.1 Å². The number of amides is 2. The van der Waals surface area contributed by atoms with Crippen LogP contribution >= 0.6 is 24.0 Å². The van der Waals surface area contributed by atoms with Gasteiger partial charge in [0.1, 0.15) is 0 Å². The van der Waals surface area contributed by atoms with Crippen LogP contribution in [0.2, 0.25) is 0 Å². The summed E-state index contributed by atoms with van der Waals surface area (Å²) >= 11 is 0. The van der Waals surface area contributed by atoms with Gasteiger partial charge in [0.15, 0.2) is 5.96 Å². The number of carbonyl (C=O) groups is 2. The molecule has 7 nitrogen and oxygen atoms in total. The number of carbonyl (C=O) groups excluding carboxylic acids is 2. The molecule has 8 heteroatoms. The lowest BCUT2D eigenvalue weighted by atomic mass is 10.0. The summed E-state index contributed by atoms with van der Waals surface area (Å²) in [5.74, 6) is 0.824. The van der Waals surface area contributed by atoms with Crippen molar-refractivity contribution >= 4 is 41.8 Å². The van der Waals surface area contributed by atoms with Crippen LogP contribution in [0.15, 0.2) is 29.3 Å². The largest absolute Gasteiger partial charge is 0.368 e. The van der Waals surface area contributed by atoms with Crippen molar-refractivity contribution in [2.45, 2.75) is 45.1 Å². The molecule has 0 radical (unpaired) electrons. The van der Waals surface area contributed by atoms with Crippen molar-refractivity contribution in [3.05, 3.63) is 35.4 Å². The number of benzene rings is 1. The number of hydrogen-bond acceptors (Lipinski definition) is 3. The van der Waals surface area contributed by atoms with E-state index >= 15 is 0 Å². The first-order valence-electron chi connectivity index (χ1n) is 9.68. The second-order valence-electron chi connectivity index (χ2n) is 6.99. The Morgan fingerprint density at radius 2 is 1.79 bits per heavy atom. The fourth-order valence-corrected chi connectivity index (χ4v) is 3.35. The van der Waals surface area contributed by atoms with E-state index in [2.05, 4.69) is 20.9 Å². The molecule has 0 bridgehead atoms. The SMILES string of the molecule is CN=C(NCCCC1CCCC1)NCc1ccc(C(=O)NCC(N)=O)cc1.I. The number of hydrogen-bond donors (Lipinski definition) is 4. The summed E-state index contributed by atoms with van der Waals surface area (Å²) in [6.45, 7) is 1.38. The van der Waals surface area contributed by atoms with Gasteiger partial charge in [-0.2, -0.15) is 0 Å². The van der Waals surface area contributed by atoms with Gasteiger partial charge in [0.05, 0.1) is 6.54 Å². The van der Waals surface area contributed by atoms with Crippen LogP contribution in [0.1, 0.15) is 54.4 Å². The molecule has 1 saturated carbocycles. The summed E-state index contributed by atoms with van der Waals surface area (Å²) in [5.41, 5.74) is 6.55. The highest BCUT2D eigenvalue weighted by molar-refractivity contribution is 14.0. The third kappa shape index (κ3) is 8.90. The Kier molecular flexibility index (Phi) is 11.5. The van der Waals surface area contributed by atoms with Gasteiger partial charge in [0, 0.05) is 25.7 Å². The van der Waals surface area contributed by atoms with Crippen molar-refractivity contribution < 1.29 is 9.59 Å². The van der Waals surface area contributed by atoms with Gasteiger partial charge >= 0.3 is 0 Å². The van der Waals surface area contributed by atoms with E-state index in [0.717, 1.165) is 24.0 Å². The van der Waals surface area contributed by atoms with Gasteiger partial charge in [-0.25, -0.2) is 0 Å². The van der Waals surface area contributed by atoms with Gasteiger partial charge in [-0.3, -0.25) is 14.6 Å². The number of primary amides is 1. The van der Waals surface area contributed by atoms with Crippen LogP contribution in [0.25, 0.3) is 0 Å². The number of guanidine groups is 1. The second kappa shape index (κ2) is 13.4. The Morgan fingerprint density at radius 3 is 2.39 bits per heavy atom. The van der Waals surface area contributed by atoms with Crippen molar-refractivity contribution in [2.24, 2.45) is 16.6 Å². The number of aliphatic imine (C=N–C) groups is 1. The molecule has 0 spiro atoms. The molecule has 1 fully saturated rings. The number of halogens is 1. The predicted molar refractivity (Wildman–Crippen MR) is 123 cm³/mol. The van der Waals surface area contributed by atoms with E-state index in [-0.39, 0.29) is 36.4 Å². The zero-order valence-electron chi connectivity index (χ0n) is 16.5. The lowest BCUT2D eigenvalue weighted by Crippen LogP contribution is -2.37. The van der Waals surface area contributed by atoms with Crippen LogP contribution in [0.3, 0.4) is 0 Å². The summed E-state index contributed by atoms with van der Waals surface area (Å²) in [6, 6.07) is 7.20. The Hall–Kier alpha value is -1.84. The minimum absolute atomic E-state index is 0. The third-order valence-electron chi connectivity index (χ3n) is 4.88. The summed E-state index contributed by atoms with van der Waals surface area (Å²) in [4.78, 5) is 26.8. The molecule has 0 heterocycles. The van der Waals surface area contributed by atoms with Gasteiger partial charge in [-0.1, -0.05) is 37.8 Å². The highest BCUT2D eigenvalue weighted by Gasteiger charge is 2.14. The molecule has 5 N–H and O–H groups in total. The molecule has 1 aliphatic rings. The van der Waals surface area contributed by atoms with Crippen molar-refractivity contribution in [3.63, 3.8) is 0 Å². The molecule has 1 aromatic rings. The minimum atomic E-state index is -0.564. The van der Waals surface area contributed by atoms with Crippen LogP contribution in [0.4, 0.5) is 0 Å². The van der Waals surface area contributed by atoms with E-state index in [1.165, 1.54) is 38.5 Å². The summed E-state index contributed by atoms with van der Waals surface area (Å²) in [7, 11) is 1.76. The van der Waals surface area contributed by atoms with Crippen LogP contribution in [0.5, 0.6) is 0 Å². The van der Waals surface area contributed by atoms with Crippen molar-refractivity contribution in [1.82, 2.24) is 16.0 Å². The lowest BCUT2D eigenvalue weighted by Gasteiger charge is -2.13. The average Bonchev–Trinajstić information content (AvgIpc) is 3.19. The predicted octanol–water partition coefficient (Wildman–Crippen LogP) is 2.16. The van der Waals surface area contributed by atoms with E-state index in [0.29, 0.717) is 12.1 Å². The zero-order chi connectivity index (χ0) is 19.5. The molecular formula is C20H32IN5O2. The van der Waals surface area contributed by atoms with Gasteiger partial charge in [0.25, 0.3) is 5.91 Å². The lowest BCUT2D eigenvalue weighted by molar-refractivity contribution is -0.117. The average molecular weight is 501 g/mol. The smallest absolute Gasteiger partial charge is 0.251 e. The number of rotatable bonds is 9. The van der Waals surface area contributed by atoms with E-state index < -0.39 is 5.91 Å². The highest BCUT2D eigenvalue weighted by Crippen LogP contribution is 2.28. The molecule has 2 amide bonds. The van der Waals surface area contributed by atoms with Gasteiger partial charge < -0.3 is 21.7 Å². The maximum Gasteiger partial charge on any atom is 0.251 e. The van der Waals surface area contributed by atoms with Crippen molar-refractivity contribution in [1.29, 1.82) is 0 Å². The van der Waals surface area contributed by atoms with Crippen LogP contribution in [0, 0.1) is 5.92 Å². The minimum Gasteiger partial charge on any atom is -0.368 e. The molecule has 1 aromatic carbocycles. The fraction of sp³-hybridized carbons (Fsp3) is 0.550. The van der Waals surface area contributed by atoms with E-state index in [1.54, 1.807) is 19.2 Å². The van der Waals surface area contributed by atoms with Gasteiger partial charge in [-0.05, 0) is 36.5 Å². The maximum absolute atomic E-state index is 11.9. The molecule has 0 atom stereocenters. The normalized spacial score (nSPS) is 14.2. The standard InChI is InChI=1S/C20H31N5O2.HI/c1-22-20(23-12-4-7-15-5-2-3-6-15)25-13-16-8-10-17(11-9-16)19(27)24-14-18(21)26;/h8-11,15H,2-7,12-14H2,1H3,(H2,21,26)(H,24,27)(H2,22,23,25);1H. The maximum atomic E-state index is 11.9. The quantitative estimate of drug-likeness (QED) is 0.180. The molecule has 156 valence electrons. The van der Waals surface area contributed by atoms with Crippen LogP contribution < -0.4 is 21.7 Å².